The van der Waals surface area contributed by atoms with Gasteiger partial charge in [-0.15, -0.1) is 0 Å². The molecule has 3 amide bonds. The van der Waals surface area contributed by atoms with Gasteiger partial charge in [0.2, 0.25) is 11.9 Å². The van der Waals surface area contributed by atoms with Gasteiger partial charge in [-0.1, -0.05) is 11.6 Å². The van der Waals surface area contributed by atoms with Crippen LogP contribution in [0.15, 0.2) is 36.7 Å². The first kappa shape index (κ1) is 19.8. The van der Waals surface area contributed by atoms with Gasteiger partial charge in [-0.2, -0.15) is 0 Å². The molecule has 1 saturated heterocycles. The quantitative estimate of drug-likeness (QED) is 0.811. The number of aromatic nitrogens is 2. The molecule has 10 heteroatoms. The van der Waals surface area contributed by atoms with Gasteiger partial charge in [-0.3, -0.25) is 4.79 Å². The third-order valence-corrected chi connectivity index (χ3v) is 4.61. The number of anilines is 2. The molecule has 1 aromatic heterocycles. The molecule has 0 spiro atoms. The summed E-state index contributed by atoms with van der Waals surface area (Å²) in [4.78, 5) is 36.7. The summed E-state index contributed by atoms with van der Waals surface area (Å²) in [6, 6.07) is 4.53. The summed E-state index contributed by atoms with van der Waals surface area (Å²) >= 11 is 5.70. The Morgan fingerprint density at radius 3 is 2.50 bits per heavy atom. The van der Waals surface area contributed by atoms with E-state index in [2.05, 4.69) is 20.6 Å². The van der Waals surface area contributed by atoms with Crippen LogP contribution in [0, 0.1) is 5.82 Å². The van der Waals surface area contributed by atoms with Gasteiger partial charge in [-0.05, 0) is 31.2 Å². The van der Waals surface area contributed by atoms with E-state index in [0.717, 1.165) is 6.07 Å². The number of carbonyl (C=O) groups is 2. The molecule has 8 nitrogen and oxygen atoms in total. The Kier molecular flexibility index (Phi) is 6.25. The summed E-state index contributed by atoms with van der Waals surface area (Å²) in [7, 11) is 0. The van der Waals surface area contributed by atoms with E-state index in [-0.39, 0.29) is 11.1 Å². The zero-order chi connectivity index (χ0) is 20.1. The number of hydrogen-bond donors (Lipinski definition) is 2. The van der Waals surface area contributed by atoms with Gasteiger partial charge in [0, 0.05) is 44.3 Å². The molecule has 2 aromatic rings. The summed E-state index contributed by atoms with van der Waals surface area (Å²) in [5, 5.41) is 5.18. The summed E-state index contributed by atoms with van der Waals surface area (Å²) in [6.07, 6.45) is 3.35. The minimum Gasteiger partial charge on any atom is -0.337 e. The fourth-order valence-electron chi connectivity index (χ4n) is 2.73. The SMILES string of the molecule is C[C@H](NC(=O)N1CCN(c2ncccn2)CC1)C(=O)Nc1ccc(F)c(Cl)c1. The largest absolute Gasteiger partial charge is 0.337 e. The molecule has 1 fully saturated rings. The van der Waals surface area contributed by atoms with Gasteiger partial charge in [0.25, 0.3) is 0 Å². The second kappa shape index (κ2) is 8.83. The fourth-order valence-corrected chi connectivity index (χ4v) is 2.91. The minimum absolute atomic E-state index is 0.0882. The first-order valence-corrected chi connectivity index (χ1v) is 9.15. The van der Waals surface area contributed by atoms with Crippen LogP contribution in [0.5, 0.6) is 0 Å². The highest BCUT2D eigenvalue weighted by atomic mass is 35.5. The Balaban J connectivity index is 1.48. The molecular formula is C18H20ClFN6O2. The van der Waals surface area contributed by atoms with E-state index in [1.807, 2.05) is 4.90 Å². The zero-order valence-electron chi connectivity index (χ0n) is 15.2. The minimum atomic E-state index is -0.771. The third-order valence-electron chi connectivity index (χ3n) is 4.32. The van der Waals surface area contributed by atoms with Crippen molar-refractivity contribution in [3.05, 3.63) is 47.5 Å². The lowest BCUT2D eigenvalue weighted by Crippen LogP contribution is -2.55. The van der Waals surface area contributed by atoms with Crippen LogP contribution in [0.25, 0.3) is 0 Å². The Hall–Kier alpha value is -2.94. The molecule has 0 radical (unpaired) electrons. The van der Waals surface area contributed by atoms with Crippen molar-refractivity contribution >= 4 is 35.2 Å². The van der Waals surface area contributed by atoms with Crippen LogP contribution in [0.1, 0.15) is 6.92 Å². The monoisotopic (exact) mass is 406 g/mol. The Bertz CT molecular complexity index is 845. The molecular weight excluding hydrogens is 387 g/mol. The van der Waals surface area contributed by atoms with Gasteiger partial charge in [0.1, 0.15) is 11.9 Å². The maximum Gasteiger partial charge on any atom is 0.318 e. The Labute approximate surface area is 166 Å². The number of nitrogens with zero attached hydrogens (tertiary/aromatic N) is 4. The van der Waals surface area contributed by atoms with Crippen LogP contribution in [-0.2, 0) is 4.79 Å². The van der Waals surface area contributed by atoms with Crippen molar-refractivity contribution in [1.82, 2.24) is 20.2 Å². The predicted molar refractivity (Wildman–Crippen MR) is 104 cm³/mol. The van der Waals surface area contributed by atoms with Gasteiger partial charge < -0.3 is 20.4 Å². The van der Waals surface area contributed by atoms with Crippen LogP contribution >= 0.6 is 11.6 Å². The number of rotatable bonds is 4. The number of piperazine rings is 1. The van der Waals surface area contributed by atoms with Gasteiger partial charge in [0.15, 0.2) is 0 Å². The molecule has 1 aliphatic heterocycles. The predicted octanol–water partition coefficient (Wildman–Crippen LogP) is 2.13. The molecule has 1 atom stereocenters. The second-order valence-electron chi connectivity index (χ2n) is 6.31. The zero-order valence-corrected chi connectivity index (χ0v) is 16.0. The number of hydrogen-bond acceptors (Lipinski definition) is 5. The molecule has 0 bridgehead atoms. The Morgan fingerprint density at radius 1 is 1.18 bits per heavy atom. The topological polar surface area (TPSA) is 90.5 Å². The Morgan fingerprint density at radius 2 is 1.86 bits per heavy atom. The van der Waals surface area contributed by atoms with E-state index in [4.69, 9.17) is 11.6 Å². The first-order chi connectivity index (χ1) is 13.4. The molecule has 28 heavy (non-hydrogen) atoms. The van der Waals surface area contributed by atoms with E-state index in [0.29, 0.717) is 37.8 Å². The van der Waals surface area contributed by atoms with E-state index < -0.39 is 17.8 Å². The van der Waals surface area contributed by atoms with Crippen LogP contribution in [-0.4, -0.2) is 59.0 Å². The average Bonchev–Trinajstić information content (AvgIpc) is 2.71. The van der Waals surface area contributed by atoms with Crippen molar-refractivity contribution in [2.75, 3.05) is 36.4 Å². The maximum atomic E-state index is 13.2. The van der Waals surface area contributed by atoms with E-state index in [1.165, 1.54) is 12.1 Å². The normalized spacial score (nSPS) is 15.1. The fraction of sp³-hybridized carbons (Fsp3) is 0.333. The van der Waals surface area contributed by atoms with Crippen molar-refractivity contribution in [3.8, 4) is 0 Å². The first-order valence-electron chi connectivity index (χ1n) is 8.77. The molecule has 148 valence electrons. The highest BCUT2D eigenvalue weighted by Crippen LogP contribution is 2.19. The lowest BCUT2D eigenvalue weighted by Gasteiger charge is -2.35. The van der Waals surface area contributed by atoms with Crippen molar-refractivity contribution in [2.24, 2.45) is 0 Å². The number of benzene rings is 1. The molecule has 2 heterocycles. The molecule has 3 rings (SSSR count). The molecule has 0 unspecified atom stereocenters. The van der Waals surface area contributed by atoms with Crippen LogP contribution in [0.2, 0.25) is 5.02 Å². The smallest absolute Gasteiger partial charge is 0.318 e. The average molecular weight is 407 g/mol. The lowest BCUT2D eigenvalue weighted by molar-refractivity contribution is -0.117. The van der Waals surface area contributed by atoms with E-state index in [9.17, 15) is 14.0 Å². The van der Waals surface area contributed by atoms with Crippen LogP contribution < -0.4 is 15.5 Å². The number of carbonyl (C=O) groups excluding carboxylic acids is 2. The van der Waals surface area contributed by atoms with Crippen LogP contribution in [0.3, 0.4) is 0 Å². The number of urea groups is 1. The van der Waals surface area contributed by atoms with Gasteiger partial charge in [-0.25, -0.2) is 19.2 Å². The highest BCUT2D eigenvalue weighted by molar-refractivity contribution is 6.31. The summed E-state index contributed by atoms with van der Waals surface area (Å²) in [6.45, 7) is 3.77. The molecule has 1 aromatic carbocycles. The van der Waals surface area contributed by atoms with Crippen molar-refractivity contribution in [1.29, 1.82) is 0 Å². The summed E-state index contributed by atoms with van der Waals surface area (Å²) < 4.78 is 13.2. The molecule has 0 aliphatic carbocycles. The van der Waals surface area contributed by atoms with Crippen molar-refractivity contribution < 1.29 is 14.0 Å². The number of amides is 3. The highest BCUT2D eigenvalue weighted by Gasteiger charge is 2.25. The molecule has 1 aliphatic rings. The van der Waals surface area contributed by atoms with Crippen molar-refractivity contribution in [3.63, 3.8) is 0 Å². The van der Waals surface area contributed by atoms with Crippen molar-refractivity contribution in [2.45, 2.75) is 13.0 Å². The van der Waals surface area contributed by atoms with Gasteiger partial charge >= 0.3 is 6.03 Å². The number of halogens is 2. The molecule has 2 N–H and O–H groups in total. The maximum absolute atomic E-state index is 13.2. The third kappa shape index (κ3) is 4.86. The lowest BCUT2D eigenvalue weighted by atomic mass is 10.2. The van der Waals surface area contributed by atoms with E-state index >= 15 is 0 Å². The van der Waals surface area contributed by atoms with Gasteiger partial charge in [0.05, 0.1) is 5.02 Å². The second-order valence-corrected chi connectivity index (χ2v) is 6.72. The summed E-state index contributed by atoms with van der Waals surface area (Å²) in [5.74, 6) is -0.360. The van der Waals surface area contributed by atoms with Crippen LogP contribution in [0.4, 0.5) is 20.8 Å². The van der Waals surface area contributed by atoms with E-state index in [1.54, 1.807) is 30.3 Å². The standard InChI is InChI=1S/C18H20ClFN6O2/c1-12(16(27)24-13-3-4-15(20)14(19)11-13)23-18(28)26-9-7-25(8-10-26)17-21-5-2-6-22-17/h2-6,11-12H,7-10H2,1H3,(H,23,28)(H,24,27)/t12-/m0/s1. The molecule has 0 saturated carbocycles. The number of nitrogens with one attached hydrogen (secondary N) is 2. The summed E-state index contributed by atoms with van der Waals surface area (Å²) in [5.41, 5.74) is 0.356.